The van der Waals surface area contributed by atoms with Crippen LogP contribution in [-0.4, -0.2) is 16.5 Å². The van der Waals surface area contributed by atoms with Crippen LogP contribution in [0.25, 0.3) is 0 Å². The van der Waals surface area contributed by atoms with Crippen molar-refractivity contribution >= 4 is 0 Å². The molecule has 0 saturated carbocycles. The van der Waals surface area contributed by atoms with Crippen LogP contribution in [0, 0.1) is 0 Å². The monoisotopic (exact) mass is 386 g/mol. The van der Waals surface area contributed by atoms with Gasteiger partial charge in [0.15, 0.2) is 0 Å². The van der Waals surface area contributed by atoms with Crippen molar-refractivity contribution in [1.82, 2.24) is 0 Å². The van der Waals surface area contributed by atoms with E-state index in [1.165, 1.54) is 51.4 Å². The molecule has 0 fully saturated rings. The molecule has 0 unspecified atom stereocenters. The van der Waals surface area contributed by atoms with Crippen LogP contribution in [0.1, 0.15) is 71.1 Å². The van der Waals surface area contributed by atoms with E-state index >= 15 is 0 Å². The molecule has 2 aromatic carbocycles. The molecule has 2 rings (SSSR count). The highest BCUT2D eigenvalue weighted by Crippen LogP contribution is 2.23. The van der Waals surface area contributed by atoms with Gasteiger partial charge >= 0.3 is 0 Å². The second-order valence-corrected chi connectivity index (χ2v) is 7.27. The minimum Gasteiger partial charge on any atom is -0.508 e. The summed E-state index contributed by atoms with van der Waals surface area (Å²) in [6, 6.07) is 13.4. The summed E-state index contributed by atoms with van der Waals surface area (Å²) in [6.45, 7) is 2.25. The van der Waals surface area contributed by atoms with Crippen LogP contribution in [0.15, 0.2) is 48.5 Å². The minimum absolute atomic E-state index is 0.210. The number of hydrogen-bond donors (Lipinski definition) is 2. The molecule has 154 valence electrons. The Kier molecular flexibility index (Phi) is 10.1. The van der Waals surface area contributed by atoms with E-state index in [0.29, 0.717) is 11.5 Å². The Labute approximate surface area is 169 Å². The van der Waals surface area contributed by atoms with E-state index < -0.39 is 6.29 Å². The van der Waals surface area contributed by atoms with Crippen molar-refractivity contribution in [1.29, 1.82) is 0 Å². The molecule has 0 bridgehead atoms. The van der Waals surface area contributed by atoms with Gasteiger partial charge in [0.2, 0.25) is 6.29 Å². The molecule has 0 aliphatic rings. The first kappa shape index (κ1) is 21.9. The highest BCUT2D eigenvalue weighted by Gasteiger charge is 2.13. The quantitative estimate of drug-likeness (QED) is 0.277. The molecule has 0 spiro atoms. The number of phenols is 2. The van der Waals surface area contributed by atoms with Gasteiger partial charge in [-0.25, -0.2) is 0 Å². The number of aromatic hydroxyl groups is 2. The van der Waals surface area contributed by atoms with Gasteiger partial charge in [0.05, 0.1) is 0 Å². The summed E-state index contributed by atoms with van der Waals surface area (Å²) in [7, 11) is 0. The Morgan fingerprint density at radius 1 is 0.607 bits per heavy atom. The smallest absolute Gasteiger partial charge is 0.241 e. The molecular weight excluding hydrogens is 352 g/mol. The topological polar surface area (TPSA) is 58.9 Å². The zero-order chi connectivity index (χ0) is 20.0. The first-order valence-electron chi connectivity index (χ1n) is 10.6. The SMILES string of the molecule is CCCCCCCCCCCC(Oc1ccc(O)cc1)Oc1ccc(O)cc1. The van der Waals surface area contributed by atoms with Gasteiger partial charge in [-0.05, 0) is 55.0 Å². The summed E-state index contributed by atoms with van der Waals surface area (Å²) in [4.78, 5) is 0. The van der Waals surface area contributed by atoms with Gasteiger partial charge in [-0.3, -0.25) is 0 Å². The number of rotatable bonds is 14. The fourth-order valence-corrected chi connectivity index (χ4v) is 3.12. The largest absolute Gasteiger partial charge is 0.508 e. The fourth-order valence-electron chi connectivity index (χ4n) is 3.12. The number of phenolic OH excluding ortho intramolecular Hbond substituents is 2. The number of ether oxygens (including phenoxy) is 2. The van der Waals surface area contributed by atoms with E-state index in [1.807, 2.05) is 0 Å². The molecule has 2 aromatic rings. The number of hydrogen-bond acceptors (Lipinski definition) is 4. The average Bonchev–Trinajstić information content (AvgIpc) is 2.70. The summed E-state index contributed by atoms with van der Waals surface area (Å²) in [6.07, 6.45) is 11.8. The van der Waals surface area contributed by atoms with E-state index in [2.05, 4.69) is 6.92 Å². The van der Waals surface area contributed by atoms with Gasteiger partial charge in [-0.15, -0.1) is 0 Å². The third-order valence-corrected chi connectivity index (χ3v) is 4.75. The van der Waals surface area contributed by atoms with Crippen molar-refractivity contribution in [3.63, 3.8) is 0 Å². The standard InChI is InChI=1S/C24H34O4/c1-2-3-4-5-6-7-8-9-10-11-24(27-22-16-12-20(25)13-17-22)28-23-18-14-21(26)15-19-23/h12-19,24-26H,2-11H2,1H3. The van der Waals surface area contributed by atoms with Crippen molar-refractivity contribution in [2.24, 2.45) is 0 Å². The van der Waals surface area contributed by atoms with Crippen LogP contribution in [0.5, 0.6) is 23.0 Å². The van der Waals surface area contributed by atoms with Gasteiger partial charge in [0, 0.05) is 6.42 Å². The molecule has 0 aliphatic carbocycles. The van der Waals surface area contributed by atoms with Crippen LogP contribution < -0.4 is 9.47 Å². The molecule has 28 heavy (non-hydrogen) atoms. The predicted octanol–water partition coefficient (Wildman–Crippen LogP) is 6.80. The summed E-state index contributed by atoms with van der Waals surface area (Å²) in [5.74, 6) is 1.75. The van der Waals surface area contributed by atoms with Crippen LogP contribution in [0.4, 0.5) is 0 Å². The van der Waals surface area contributed by atoms with E-state index in [4.69, 9.17) is 9.47 Å². The van der Waals surface area contributed by atoms with Crippen LogP contribution in [0.3, 0.4) is 0 Å². The number of benzene rings is 2. The molecule has 2 N–H and O–H groups in total. The van der Waals surface area contributed by atoms with E-state index in [1.54, 1.807) is 48.5 Å². The molecule has 0 saturated heterocycles. The lowest BCUT2D eigenvalue weighted by Gasteiger charge is -2.21. The molecule has 0 amide bonds. The van der Waals surface area contributed by atoms with Crippen molar-refractivity contribution in [2.75, 3.05) is 0 Å². The Morgan fingerprint density at radius 2 is 1.00 bits per heavy atom. The average molecular weight is 387 g/mol. The van der Waals surface area contributed by atoms with Crippen molar-refractivity contribution in [2.45, 2.75) is 77.4 Å². The van der Waals surface area contributed by atoms with Gasteiger partial charge < -0.3 is 19.7 Å². The summed E-state index contributed by atoms with van der Waals surface area (Å²) in [5, 5.41) is 18.9. The fraction of sp³-hybridized carbons (Fsp3) is 0.500. The Bertz CT molecular complexity index is 589. The second-order valence-electron chi connectivity index (χ2n) is 7.27. The summed E-state index contributed by atoms with van der Waals surface area (Å²) in [5.41, 5.74) is 0. The Balaban J connectivity index is 1.77. The molecule has 0 heterocycles. The highest BCUT2D eigenvalue weighted by molar-refractivity contribution is 5.31. The molecular formula is C24H34O4. The Hall–Kier alpha value is -2.36. The minimum atomic E-state index is -0.404. The lowest BCUT2D eigenvalue weighted by Crippen LogP contribution is -2.24. The highest BCUT2D eigenvalue weighted by atomic mass is 16.7. The molecule has 4 nitrogen and oxygen atoms in total. The van der Waals surface area contributed by atoms with E-state index in [9.17, 15) is 10.2 Å². The molecule has 4 heteroatoms. The Morgan fingerprint density at radius 3 is 1.43 bits per heavy atom. The predicted molar refractivity (Wildman–Crippen MR) is 113 cm³/mol. The maximum atomic E-state index is 9.43. The first-order valence-corrected chi connectivity index (χ1v) is 10.6. The van der Waals surface area contributed by atoms with Gasteiger partial charge in [0.25, 0.3) is 0 Å². The van der Waals surface area contributed by atoms with Gasteiger partial charge in [0.1, 0.15) is 23.0 Å². The summed E-state index contributed by atoms with van der Waals surface area (Å²) >= 11 is 0. The lowest BCUT2D eigenvalue weighted by molar-refractivity contribution is -0.00253. The zero-order valence-corrected chi connectivity index (χ0v) is 17.0. The van der Waals surface area contributed by atoms with Crippen molar-refractivity contribution < 1.29 is 19.7 Å². The molecule has 0 aromatic heterocycles. The maximum absolute atomic E-state index is 9.43. The van der Waals surface area contributed by atoms with Crippen LogP contribution in [-0.2, 0) is 0 Å². The molecule has 0 aliphatic heterocycles. The van der Waals surface area contributed by atoms with Crippen LogP contribution >= 0.6 is 0 Å². The van der Waals surface area contributed by atoms with Gasteiger partial charge in [-0.1, -0.05) is 58.3 Å². The molecule has 0 atom stereocenters. The maximum Gasteiger partial charge on any atom is 0.241 e. The van der Waals surface area contributed by atoms with E-state index in [0.717, 1.165) is 12.8 Å². The van der Waals surface area contributed by atoms with Gasteiger partial charge in [-0.2, -0.15) is 0 Å². The second kappa shape index (κ2) is 12.9. The van der Waals surface area contributed by atoms with E-state index in [-0.39, 0.29) is 11.5 Å². The van der Waals surface area contributed by atoms with Crippen molar-refractivity contribution in [3.05, 3.63) is 48.5 Å². The normalized spacial score (nSPS) is 10.9. The van der Waals surface area contributed by atoms with Crippen molar-refractivity contribution in [3.8, 4) is 23.0 Å². The lowest BCUT2D eigenvalue weighted by atomic mass is 10.1. The zero-order valence-electron chi connectivity index (χ0n) is 17.0. The summed E-state index contributed by atoms with van der Waals surface area (Å²) < 4.78 is 12.0. The first-order chi connectivity index (χ1) is 13.7. The van der Waals surface area contributed by atoms with Crippen LogP contribution in [0.2, 0.25) is 0 Å². The third kappa shape index (κ3) is 9.03. The third-order valence-electron chi connectivity index (χ3n) is 4.75. The molecule has 0 radical (unpaired) electrons. The number of unbranched alkanes of at least 4 members (excludes halogenated alkanes) is 8.